The van der Waals surface area contributed by atoms with Gasteiger partial charge in [-0.2, -0.15) is 18.2 Å². The number of carbonyl (C=O) groups excluding carboxylic acids is 1. The lowest BCUT2D eigenvalue weighted by Gasteiger charge is -2.34. The molecule has 8 nitrogen and oxygen atoms in total. The Bertz CT molecular complexity index is 1510. The minimum Gasteiger partial charge on any atom is -0.472 e. The summed E-state index contributed by atoms with van der Waals surface area (Å²) >= 11 is 2.66. The van der Waals surface area contributed by atoms with Gasteiger partial charge < -0.3 is 15.4 Å². The Hall–Kier alpha value is -3.68. The molecule has 0 radical (unpaired) electrons. The summed E-state index contributed by atoms with van der Waals surface area (Å²) in [6, 6.07) is 11.2. The SMILES string of the molecule is Cc1cccc(COc2nc(N3CCN(Cc4nccs4)CC3)ncc2Sc2ccc(C(N)=O)c(C(F)(F)F)c2)c1. The lowest BCUT2D eigenvalue weighted by atomic mass is 10.1. The van der Waals surface area contributed by atoms with Crippen LogP contribution in [-0.4, -0.2) is 51.9 Å². The first kappa shape index (κ1) is 28.8. The molecule has 2 aromatic carbocycles. The molecule has 214 valence electrons. The van der Waals surface area contributed by atoms with Gasteiger partial charge in [-0.3, -0.25) is 9.69 Å². The number of hydrogen-bond acceptors (Lipinski definition) is 9. The van der Waals surface area contributed by atoms with E-state index >= 15 is 0 Å². The van der Waals surface area contributed by atoms with Crippen molar-refractivity contribution in [3.05, 3.63) is 87.5 Å². The van der Waals surface area contributed by atoms with Gasteiger partial charge >= 0.3 is 6.18 Å². The summed E-state index contributed by atoms with van der Waals surface area (Å²) in [6.45, 7) is 6.03. The van der Waals surface area contributed by atoms with Crippen LogP contribution in [0.2, 0.25) is 0 Å². The third-order valence-electron chi connectivity index (χ3n) is 6.45. The molecule has 0 unspecified atom stereocenters. The summed E-state index contributed by atoms with van der Waals surface area (Å²) in [5.74, 6) is -0.391. The molecule has 5 rings (SSSR count). The highest BCUT2D eigenvalue weighted by Crippen LogP contribution is 2.39. The van der Waals surface area contributed by atoms with E-state index in [0.29, 0.717) is 23.9 Å². The summed E-state index contributed by atoms with van der Waals surface area (Å²) in [4.78, 5) is 30.3. The molecule has 2 aromatic heterocycles. The number of nitrogens with two attached hydrogens (primary N) is 1. The second-order valence-electron chi connectivity index (χ2n) is 9.48. The standard InChI is InChI=1S/C28H27F3N6O2S2/c1-18-3-2-4-19(13-18)17-39-26-23(41-20-5-6-21(25(32)38)22(14-20)28(29,30)31)15-34-27(35-26)37-10-8-36(9-11-37)16-24-33-7-12-40-24/h2-7,12-15H,8-11,16-17H2,1H3,(H2,32,38). The number of benzene rings is 2. The summed E-state index contributed by atoms with van der Waals surface area (Å²) in [5, 5.41) is 3.04. The Labute approximate surface area is 243 Å². The molecule has 0 saturated carbocycles. The Kier molecular flexibility index (Phi) is 8.76. The van der Waals surface area contributed by atoms with E-state index in [2.05, 4.69) is 19.8 Å². The molecule has 3 heterocycles. The predicted molar refractivity (Wildman–Crippen MR) is 151 cm³/mol. The van der Waals surface area contributed by atoms with Crippen molar-refractivity contribution in [2.24, 2.45) is 5.73 Å². The summed E-state index contributed by atoms with van der Waals surface area (Å²) in [5.41, 5.74) is 5.51. The number of halogens is 3. The first-order valence-electron chi connectivity index (χ1n) is 12.8. The average Bonchev–Trinajstić information content (AvgIpc) is 3.45. The van der Waals surface area contributed by atoms with Gasteiger partial charge in [0.15, 0.2) is 0 Å². The smallest absolute Gasteiger partial charge is 0.417 e. The number of rotatable bonds is 9. The van der Waals surface area contributed by atoms with Crippen LogP contribution in [0.1, 0.15) is 32.1 Å². The van der Waals surface area contributed by atoms with Crippen LogP contribution in [-0.2, 0) is 19.3 Å². The maximum atomic E-state index is 13.7. The fourth-order valence-electron chi connectivity index (χ4n) is 4.42. The number of anilines is 1. The first-order valence-corrected chi connectivity index (χ1v) is 14.5. The average molecular weight is 601 g/mol. The van der Waals surface area contributed by atoms with E-state index in [4.69, 9.17) is 15.5 Å². The van der Waals surface area contributed by atoms with Crippen molar-refractivity contribution < 1.29 is 22.7 Å². The van der Waals surface area contributed by atoms with E-state index in [9.17, 15) is 18.0 Å². The van der Waals surface area contributed by atoms with Gasteiger partial charge in [-0.05, 0) is 30.7 Å². The van der Waals surface area contributed by atoms with Crippen molar-refractivity contribution in [2.75, 3.05) is 31.1 Å². The number of amides is 1. The fourth-order valence-corrected chi connectivity index (χ4v) is 5.94. The minimum absolute atomic E-state index is 0.224. The normalized spacial score (nSPS) is 14.3. The number of primary amides is 1. The first-order chi connectivity index (χ1) is 19.7. The van der Waals surface area contributed by atoms with Crippen molar-refractivity contribution in [1.29, 1.82) is 0 Å². The molecule has 0 bridgehead atoms. The Balaban J connectivity index is 1.38. The molecule has 0 spiro atoms. The molecule has 13 heteroatoms. The van der Waals surface area contributed by atoms with Gasteiger partial charge in [-0.1, -0.05) is 41.6 Å². The van der Waals surface area contributed by atoms with Gasteiger partial charge in [0.05, 0.1) is 28.8 Å². The number of nitrogens with zero attached hydrogens (tertiary/aromatic N) is 5. The van der Waals surface area contributed by atoms with Gasteiger partial charge in [0.1, 0.15) is 11.6 Å². The molecule has 1 saturated heterocycles. The maximum Gasteiger partial charge on any atom is 0.417 e. The minimum atomic E-state index is -4.74. The summed E-state index contributed by atoms with van der Waals surface area (Å²) < 4.78 is 47.1. The zero-order chi connectivity index (χ0) is 29.0. The highest BCUT2D eigenvalue weighted by Gasteiger charge is 2.35. The van der Waals surface area contributed by atoms with Crippen molar-refractivity contribution in [2.45, 2.75) is 36.0 Å². The van der Waals surface area contributed by atoms with Crippen molar-refractivity contribution in [1.82, 2.24) is 19.9 Å². The zero-order valence-corrected chi connectivity index (χ0v) is 23.7. The number of carbonyl (C=O) groups is 1. The highest BCUT2D eigenvalue weighted by molar-refractivity contribution is 7.99. The molecule has 1 aliphatic heterocycles. The second kappa shape index (κ2) is 12.5. The van der Waals surface area contributed by atoms with Gasteiger partial charge in [-0.15, -0.1) is 11.3 Å². The molecule has 1 amide bonds. The van der Waals surface area contributed by atoms with Crippen LogP contribution in [0.15, 0.2) is 70.0 Å². The van der Waals surface area contributed by atoms with Crippen LogP contribution < -0.4 is 15.4 Å². The van der Waals surface area contributed by atoms with Crippen LogP contribution in [0.4, 0.5) is 19.1 Å². The second-order valence-corrected chi connectivity index (χ2v) is 11.6. The highest BCUT2D eigenvalue weighted by atomic mass is 32.2. The predicted octanol–water partition coefficient (Wildman–Crippen LogP) is 5.41. The van der Waals surface area contributed by atoms with E-state index in [0.717, 1.165) is 59.7 Å². The van der Waals surface area contributed by atoms with Gasteiger partial charge in [-0.25, -0.2) is 9.97 Å². The zero-order valence-electron chi connectivity index (χ0n) is 22.1. The summed E-state index contributed by atoms with van der Waals surface area (Å²) in [7, 11) is 0. The molecule has 1 fully saturated rings. The Morgan fingerprint density at radius 2 is 1.93 bits per heavy atom. The Morgan fingerprint density at radius 1 is 1.12 bits per heavy atom. The largest absolute Gasteiger partial charge is 0.472 e. The molecule has 1 aliphatic rings. The molecule has 41 heavy (non-hydrogen) atoms. The topological polar surface area (TPSA) is 97.5 Å². The third-order valence-corrected chi connectivity index (χ3v) is 8.21. The number of piperazine rings is 1. The van der Waals surface area contributed by atoms with Crippen molar-refractivity contribution >= 4 is 35.0 Å². The van der Waals surface area contributed by atoms with Crippen LogP contribution in [0, 0.1) is 6.92 Å². The third kappa shape index (κ3) is 7.34. The van der Waals surface area contributed by atoms with E-state index < -0.39 is 23.2 Å². The lowest BCUT2D eigenvalue weighted by Crippen LogP contribution is -2.46. The number of hydrogen-bond donors (Lipinski definition) is 1. The van der Waals surface area contributed by atoms with Gasteiger partial charge in [0, 0.05) is 42.7 Å². The van der Waals surface area contributed by atoms with E-state index in [1.807, 2.05) is 36.6 Å². The van der Waals surface area contributed by atoms with Crippen molar-refractivity contribution in [3.8, 4) is 5.88 Å². The number of aromatic nitrogens is 3. The van der Waals surface area contributed by atoms with Crippen LogP contribution in [0.25, 0.3) is 0 Å². The van der Waals surface area contributed by atoms with Crippen LogP contribution >= 0.6 is 23.1 Å². The van der Waals surface area contributed by atoms with Gasteiger partial charge in [0.25, 0.3) is 0 Å². The number of thiazole rings is 1. The number of ether oxygens (including phenoxy) is 1. The number of aryl methyl sites for hydroxylation is 1. The summed E-state index contributed by atoms with van der Waals surface area (Å²) in [6.07, 6.45) is -1.37. The van der Waals surface area contributed by atoms with Gasteiger partial charge in [0.2, 0.25) is 17.7 Å². The molecule has 0 aliphatic carbocycles. The molecular formula is C28H27F3N6O2S2. The monoisotopic (exact) mass is 600 g/mol. The van der Waals surface area contributed by atoms with E-state index in [-0.39, 0.29) is 17.4 Å². The Morgan fingerprint density at radius 3 is 2.61 bits per heavy atom. The molecule has 2 N–H and O–H groups in total. The molecule has 4 aromatic rings. The lowest BCUT2D eigenvalue weighted by molar-refractivity contribution is -0.138. The fraction of sp³-hybridized carbons (Fsp3) is 0.286. The van der Waals surface area contributed by atoms with Crippen LogP contribution in [0.5, 0.6) is 5.88 Å². The van der Waals surface area contributed by atoms with E-state index in [1.54, 1.807) is 23.7 Å². The van der Waals surface area contributed by atoms with Crippen molar-refractivity contribution in [3.63, 3.8) is 0 Å². The quantitative estimate of drug-likeness (QED) is 0.272. The maximum absolute atomic E-state index is 13.7. The van der Waals surface area contributed by atoms with Crippen LogP contribution in [0.3, 0.4) is 0 Å². The molecule has 0 atom stereocenters. The number of alkyl halides is 3. The van der Waals surface area contributed by atoms with E-state index in [1.165, 1.54) is 6.07 Å². The molecular weight excluding hydrogens is 573 g/mol.